The highest BCUT2D eigenvalue weighted by Crippen LogP contribution is 2.61. The van der Waals surface area contributed by atoms with Crippen molar-refractivity contribution in [3.05, 3.63) is 24.4 Å². The molecule has 5 fully saturated rings. The Morgan fingerprint density at radius 2 is 1.70 bits per heavy atom. The van der Waals surface area contributed by atoms with Crippen molar-refractivity contribution in [1.29, 1.82) is 0 Å². The molecule has 4 aliphatic carbocycles. The van der Waals surface area contributed by atoms with Gasteiger partial charge in [0.15, 0.2) is 5.11 Å². The lowest BCUT2D eigenvalue weighted by Crippen LogP contribution is -2.59. The minimum Gasteiger partial charge on any atom is -0.360 e. The fourth-order valence-electron chi connectivity index (χ4n) is 6.87. The van der Waals surface area contributed by atoms with Gasteiger partial charge in [-0.15, -0.1) is 0 Å². The summed E-state index contributed by atoms with van der Waals surface area (Å²) in [4.78, 5) is 8.15. The first-order chi connectivity index (χ1) is 13.1. The first kappa shape index (κ1) is 17.7. The van der Waals surface area contributed by atoms with E-state index in [4.69, 9.17) is 12.2 Å². The number of aromatic nitrogens is 1. The topological polar surface area (TPSA) is 32.6 Å². The largest absolute Gasteiger partial charge is 0.360 e. The van der Waals surface area contributed by atoms with E-state index in [1.165, 1.54) is 44.3 Å². The SMILES string of the molecule is C[C@@H](NC(=S)N1CCN(c2cccc[nH+]2)CC1)C12CC3CC(CC(C3)C1)C2. The van der Waals surface area contributed by atoms with Crippen LogP contribution in [0.4, 0.5) is 5.82 Å². The highest BCUT2D eigenvalue weighted by molar-refractivity contribution is 7.80. The number of piperazine rings is 1. The number of hydrogen-bond donors (Lipinski definition) is 1. The van der Waals surface area contributed by atoms with Crippen molar-refractivity contribution >= 4 is 23.1 Å². The van der Waals surface area contributed by atoms with Crippen LogP contribution < -0.4 is 15.2 Å². The second-order valence-corrected chi connectivity index (χ2v) is 10.1. The molecule has 1 aromatic heterocycles. The maximum Gasteiger partial charge on any atom is 0.274 e. The molecule has 1 aliphatic heterocycles. The van der Waals surface area contributed by atoms with Crippen LogP contribution in [0.2, 0.25) is 0 Å². The fourth-order valence-corrected chi connectivity index (χ4v) is 7.23. The number of pyridine rings is 1. The molecule has 1 saturated heterocycles. The van der Waals surface area contributed by atoms with Crippen molar-refractivity contribution in [2.24, 2.45) is 23.2 Å². The van der Waals surface area contributed by atoms with Gasteiger partial charge in [0.05, 0.1) is 19.3 Å². The number of aromatic amines is 1. The van der Waals surface area contributed by atoms with E-state index >= 15 is 0 Å². The Labute approximate surface area is 168 Å². The molecular formula is C22H33N4S+. The number of thiocarbonyl (C=S) groups is 1. The molecule has 6 rings (SSSR count). The zero-order valence-corrected chi connectivity index (χ0v) is 17.3. The molecule has 27 heavy (non-hydrogen) atoms. The lowest BCUT2D eigenvalue weighted by molar-refractivity contribution is -0.364. The second-order valence-electron chi connectivity index (χ2n) is 9.67. The number of rotatable bonds is 3. The van der Waals surface area contributed by atoms with Gasteiger partial charge in [-0.2, -0.15) is 0 Å². The van der Waals surface area contributed by atoms with Crippen molar-refractivity contribution in [3.63, 3.8) is 0 Å². The van der Waals surface area contributed by atoms with Gasteiger partial charge in [-0.1, -0.05) is 6.07 Å². The molecule has 0 radical (unpaired) electrons. The van der Waals surface area contributed by atoms with Gasteiger partial charge < -0.3 is 10.2 Å². The average molecular weight is 386 g/mol. The van der Waals surface area contributed by atoms with E-state index in [2.05, 4.69) is 39.2 Å². The predicted octanol–water partition coefficient (Wildman–Crippen LogP) is 3.10. The monoisotopic (exact) mass is 385 g/mol. The number of H-pyrrole nitrogens is 1. The van der Waals surface area contributed by atoms with Gasteiger partial charge in [-0.05, 0) is 86.9 Å². The van der Waals surface area contributed by atoms with Crippen LogP contribution in [-0.2, 0) is 0 Å². The highest BCUT2D eigenvalue weighted by Gasteiger charge is 2.53. The molecule has 0 spiro atoms. The molecule has 2 N–H and O–H groups in total. The molecule has 0 aromatic carbocycles. The third-order valence-corrected chi connectivity index (χ3v) is 8.32. The summed E-state index contributed by atoms with van der Waals surface area (Å²) < 4.78 is 0. The molecule has 0 amide bonds. The Kier molecular flexibility index (Phi) is 4.53. The summed E-state index contributed by atoms with van der Waals surface area (Å²) in [6.07, 6.45) is 10.8. The van der Waals surface area contributed by atoms with Gasteiger partial charge in [-0.25, -0.2) is 4.98 Å². The molecule has 5 heteroatoms. The van der Waals surface area contributed by atoms with Gasteiger partial charge in [-0.3, -0.25) is 4.90 Å². The molecule has 146 valence electrons. The first-order valence-corrected chi connectivity index (χ1v) is 11.3. The summed E-state index contributed by atoms with van der Waals surface area (Å²) >= 11 is 5.85. The van der Waals surface area contributed by atoms with Gasteiger partial charge in [0.25, 0.3) is 5.82 Å². The van der Waals surface area contributed by atoms with Crippen LogP contribution in [-0.4, -0.2) is 42.2 Å². The number of hydrogen-bond acceptors (Lipinski definition) is 2. The quantitative estimate of drug-likeness (QED) is 0.811. The number of nitrogens with zero attached hydrogens (tertiary/aromatic N) is 2. The van der Waals surface area contributed by atoms with Crippen LogP contribution in [0, 0.1) is 23.2 Å². The van der Waals surface area contributed by atoms with Crippen molar-refractivity contribution in [1.82, 2.24) is 10.2 Å². The predicted molar refractivity (Wildman–Crippen MR) is 113 cm³/mol. The van der Waals surface area contributed by atoms with Crippen LogP contribution in [0.3, 0.4) is 0 Å². The van der Waals surface area contributed by atoms with E-state index in [-0.39, 0.29) is 0 Å². The molecule has 4 bridgehead atoms. The van der Waals surface area contributed by atoms with Crippen molar-refractivity contribution in [2.45, 2.75) is 51.5 Å². The minimum absolute atomic E-state index is 0.513. The summed E-state index contributed by atoms with van der Waals surface area (Å²) in [5.41, 5.74) is 0.514. The van der Waals surface area contributed by atoms with E-state index in [9.17, 15) is 0 Å². The van der Waals surface area contributed by atoms with E-state index in [1.807, 2.05) is 12.3 Å². The number of nitrogens with one attached hydrogen (secondary N) is 2. The summed E-state index contributed by atoms with van der Waals surface area (Å²) in [7, 11) is 0. The Hall–Kier alpha value is -1.36. The van der Waals surface area contributed by atoms with Crippen LogP contribution in [0.1, 0.15) is 45.4 Å². The maximum absolute atomic E-state index is 5.85. The number of anilines is 1. The zero-order valence-electron chi connectivity index (χ0n) is 16.5. The van der Waals surface area contributed by atoms with Crippen molar-refractivity contribution in [3.8, 4) is 0 Å². The van der Waals surface area contributed by atoms with E-state index in [0.29, 0.717) is 11.5 Å². The first-order valence-electron chi connectivity index (χ1n) is 10.9. The smallest absolute Gasteiger partial charge is 0.274 e. The summed E-state index contributed by atoms with van der Waals surface area (Å²) in [5.74, 6) is 4.21. The van der Waals surface area contributed by atoms with Crippen LogP contribution >= 0.6 is 12.2 Å². The molecular weight excluding hydrogens is 352 g/mol. The molecule has 4 nitrogen and oxygen atoms in total. The Morgan fingerprint density at radius 1 is 1.07 bits per heavy atom. The highest BCUT2D eigenvalue weighted by atomic mass is 32.1. The van der Waals surface area contributed by atoms with Crippen LogP contribution in [0.15, 0.2) is 24.4 Å². The normalized spacial score (nSPS) is 36.0. The fraction of sp³-hybridized carbons (Fsp3) is 0.727. The standard InChI is InChI=1S/C22H32N4S/c1-16(22-13-17-10-18(14-22)12-19(11-17)15-22)24-21(27)26-8-6-25(7-9-26)20-4-2-3-5-23-20/h2-5,16-19H,6-15H2,1H3,(H,24,27)/p+1/t16-,17?,18?,19?,22?/m1/s1. The van der Waals surface area contributed by atoms with Crippen molar-refractivity contribution in [2.75, 3.05) is 31.1 Å². The lowest BCUT2D eigenvalue weighted by Gasteiger charge is -2.59. The Balaban J connectivity index is 1.18. The lowest BCUT2D eigenvalue weighted by atomic mass is 9.48. The summed E-state index contributed by atoms with van der Waals surface area (Å²) in [5, 5.41) is 4.77. The van der Waals surface area contributed by atoms with E-state index in [0.717, 1.165) is 49.0 Å². The Bertz CT molecular complexity index is 648. The van der Waals surface area contributed by atoms with Gasteiger partial charge >= 0.3 is 0 Å². The second kappa shape index (κ2) is 6.91. The molecule has 2 heterocycles. The third-order valence-electron chi connectivity index (χ3n) is 7.94. The van der Waals surface area contributed by atoms with E-state index < -0.39 is 0 Å². The molecule has 5 aliphatic rings. The van der Waals surface area contributed by atoms with Gasteiger partial charge in [0, 0.05) is 12.1 Å². The van der Waals surface area contributed by atoms with Crippen LogP contribution in [0.25, 0.3) is 0 Å². The van der Waals surface area contributed by atoms with Gasteiger partial charge in [0.2, 0.25) is 0 Å². The average Bonchev–Trinajstić information content (AvgIpc) is 2.68. The Morgan fingerprint density at radius 3 is 2.26 bits per heavy atom. The summed E-state index contributed by atoms with van der Waals surface area (Å²) in [6.45, 7) is 6.46. The molecule has 0 unspecified atom stereocenters. The summed E-state index contributed by atoms with van der Waals surface area (Å²) in [6, 6.07) is 6.79. The molecule has 1 aromatic rings. The zero-order chi connectivity index (χ0) is 18.4. The van der Waals surface area contributed by atoms with E-state index in [1.54, 1.807) is 0 Å². The third kappa shape index (κ3) is 3.32. The van der Waals surface area contributed by atoms with Crippen molar-refractivity contribution < 1.29 is 4.98 Å². The maximum atomic E-state index is 5.85. The van der Waals surface area contributed by atoms with Gasteiger partial charge in [0.1, 0.15) is 13.1 Å². The van der Waals surface area contributed by atoms with Crippen LogP contribution in [0.5, 0.6) is 0 Å². The molecule has 4 saturated carbocycles. The minimum atomic E-state index is 0.513. The molecule has 1 atom stereocenters.